The molecule has 0 aliphatic rings. The molecule has 4 nitrogen and oxygen atoms in total. The number of hydrogen-bond acceptors (Lipinski definition) is 5. The molecule has 0 saturated carbocycles. The van der Waals surface area contributed by atoms with Gasteiger partial charge < -0.3 is 4.57 Å². The molecule has 7 aromatic carbocycles. The predicted octanol–water partition coefficient (Wildman–Crippen LogP) is 12.7. The third-order valence-electron chi connectivity index (χ3n) is 9.56. The molecule has 0 amide bonds. The summed E-state index contributed by atoms with van der Waals surface area (Å²) in [4.78, 5) is 14.8. The average Bonchev–Trinajstić information content (AvgIpc) is 3.92. The molecule has 0 atom stereocenters. The molecule has 51 heavy (non-hydrogen) atoms. The molecule has 0 spiro atoms. The second-order valence-corrected chi connectivity index (χ2v) is 14.6. The summed E-state index contributed by atoms with van der Waals surface area (Å²) < 4.78 is 49.5. The van der Waals surface area contributed by atoms with Crippen molar-refractivity contribution in [3.8, 4) is 39.9 Å². The molecule has 0 aliphatic heterocycles. The van der Waals surface area contributed by atoms with Crippen molar-refractivity contribution < 1.29 is 6.85 Å². The number of thiophene rings is 2. The number of aromatic nitrogens is 4. The third kappa shape index (κ3) is 4.40. The monoisotopic (exact) mass is 691 g/mol. The van der Waals surface area contributed by atoms with Crippen LogP contribution in [0.2, 0.25) is 0 Å². The minimum absolute atomic E-state index is 0.0162. The van der Waals surface area contributed by atoms with E-state index in [0.717, 1.165) is 68.2 Å². The first-order chi connectivity index (χ1) is 27.4. The van der Waals surface area contributed by atoms with Crippen LogP contribution in [0.1, 0.15) is 6.85 Å². The maximum absolute atomic E-state index is 8.82. The lowest BCUT2D eigenvalue weighted by molar-refractivity contribution is 1.08. The Bertz CT molecular complexity index is 3380. The van der Waals surface area contributed by atoms with Crippen LogP contribution in [0.15, 0.2) is 158 Å². The van der Waals surface area contributed by atoms with Gasteiger partial charge in [0.05, 0.1) is 28.3 Å². The van der Waals surface area contributed by atoms with Crippen LogP contribution >= 0.6 is 22.7 Å². The summed E-state index contributed by atoms with van der Waals surface area (Å²) in [6.45, 7) is 0. The highest BCUT2D eigenvalue weighted by atomic mass is 32.1. The number of para-hydroxylation sites is 2. The molecular weight excluding hydrogens is 661 g/mol. The molecule has 0 saturated heterocycles. The highest BCUT2D eigenvalue weighted by molar-refractivity contribution is 7.26. The Morgan fingerprint density at radius 2 is 1.10 bits per heavy atom. The summed E-state index contributed by atoms with van der Waals surface area (Å²) in [5.74, 6) is 0.713. The quantitative estimate of drug-likeness (QED) is 0.184. The SMILES string of the molecule is [2H]c1c([2H])c([2H])c(-c2nc(-c3ccc4sc5c(-n6c7ccccc7c7ccccc76)cccc5c4c3)nc(-c3cccc4sc5ccccc5c34)n2)c([2H])c1[2H]. The number of benzene rings is 7. The zero-order valence-electron chi connectivity index (χ0n) is 31.7. The van der Waals surface area contributed by atoms with Crippen LogP contribution < -0.4 is 0 Å². The van der Waals surface area contributed by atoms with Gasteiger partial charge in [-0.2, -0.15) is 0 Å². The molecule has 0 aliphatic carbocycles. The molecule has 6 heteroatoms. The van der Waals surface area contributed by atoms with E-state index in [-0.39, 0.29) is 23.5 Å². The van der Waals surface area contributed by atoms with Gasteiger partial charge in [0.15, 0.2) is 17.5 Å². The molecule has 11 rings (SSSR count). The highest BCUT2D eigenvalue weighted by Gasteiger charge is 2.19. The fraction of sp³-hybridized carbons (Fsp3) is 0. The van der Waals surface area contributed by atoms with Crippen molar-refractivity contribution in [3.63, 3.8) is 0 Å². The van der Waals surface area contributed by atoms with Crippen LogP contribution in [0.25, 0.3) is 102 Å². The first-order valence-electron chi connectivity index (χ1n) is 19.0. The number of fused-ring (bicyclic) bond motifs is 9. The maximum Gasteiger partial charge on any atom is 0.164 e. The fourth-order valence-corrected chi connectivity index (χ4v) is 9.66. The summed E-state index contributed by atoms with van der Waals surface area (Å²) in [5, 5.41) is 6.61. The van der Waals surface area contributed by atoms with Crippen molar-refractivity contribution in [3.05, 3.63) is 158 Å². The average molecular weight is 692 g/mol. The smallest absolute Gasteiger partial charge is 0.164 e. The van der Waals surface area contributed by atoms with Gasteiger partial charge in [-0.1, -0.05) is 109 Å². The minimum atomic E-state index is -0.470. The lowest BCUT2D eigenvalue weighted by atomic mass is 10.0. The Morgan fingerprint density at radius 1 is 0.471 bits per heavy atom. The van der Waals surface area contributed by atoms with Crippen molar-refractivity contribution in [2.45, 2.75) is 0 Å². The van der Waals surface area contributed by atoms with Crippen LogP contribution in [0.5, 0.6) is 0 Å². The van der Waals surface area contributed by atoms with Gasteiger partial charge in [0, 0.05) is 63.1 Å². The van der Waals surface area contributed by atoms with E-state index in [1.165, 1.54) is 10.8 Å². The van der Waals surface area contributed by atoms with Gasteiger partial charge in [-0.15, -0.1) is 22.7 Å². The molecule has 4 heterocycles. The van der Waals surface area contributed by atoms with Crippen molar-refractivity contribution in [1.29, 1.82) is 0 Å². The zero-order valence-corrected chi connectivity index (χ0v) is 28.4. The Balaban J connectivity index is 1.16. The topological polar surface area (TPSA) is 43.6 Å². The first kappa shape index (κ1) is 24.0. The summed E-state index contributed by atoms with van der Waals surface area (Å²) >= 11 is 3.42. The Hall–Kier alpha value is -6.21. The van der Waals surface area contributed by atoms with Gasteiger partial charge in [-0.25, -0.2) is 15.0 Å². The predicted molar refractivity (Wildman–Crippen MR) is 216 cm³/mol. The van der Waals surface area contributed by atoms with Gasteiger partial charge >= 0.3 is 0 Å². The van der Waals surface area contributed by atoms with Crippen molar-refractivity contribution in [1.82, 2.24) is 19.5 Å². The molecule has 0 unspecified atom stereocenters. The summed E-state index contributed by atoms with van der Waals surface area (Å²) in [6.07, 6.45) is 0. The van der Waals surface area contributed by atoms with E-state index >= 15 is 0 Å². The second kappa shape index (κ2) is 11.2. The molecule has 4 aromatic heterocycles. The molecule has 11 aromatic rings. The van der Waals surface area contributed by atoms with Gasteiger partial charge in [0.25, 0.3) is 0 Å². The molecular formula is C45H26N4S2. The van der Waals surface area contributed by atoms with E-state index in [1.54, 1.807) is 22.7 Å². The fourth-order valence-electron chi connectivity index (χ4n) is 7.34. The summed E-state index contributed by atoms with van der Waals surface area (Å²) in [7, 11) is 0. The molecule has 0 N–H and O–H groups in total. The Morgan fingerprint density at radius 3 is 1.90 bits per heavy atom. The summed E-state index contributed by atoms with van der Waals surface area (Å²) in [6, 6.07) is 41.7. The lowest BCUT2D eigenvalue weighted by Crippen LogP contribution is -2.00. The zero-order chi connectivity index (χ0) is 37.8. The van der Waals surface area contributed by atoms with Crippen molar-refractivity contribution in [2.24, 2.45) is 0 Å². The molecule has 0 bridgehead atoms. The maximum atomic E-state index is 8.82. The molecule has 238 valence electrons. The third-order valence-corrected chi connectivity index (χ3v) is 11.9. The largest absolute Gasteiger partial charge is 0.308 e. The Kier molecular flexibility index (Phi) is 5.25. The van der Waals surface area contributed by atoms with Gasteiger partial charge in [-0.3, -0.25) is 0 Å². The molecule has 0 radical (unpaired) electrons. The van der Waals surface area contributed by atoms with E-state index in [0.29, 0.717) is 11.6 Å². The summed E-state index contributed by atoms with van der Waals surface area (Å²) in [5.41, 5.74) is 4.82. The van der Waals surface area contributed by atoms with E-state index in [9.17, 15) is 0 Å². The highest BCUT2D eigenvalue weighted by Crippen LogP contribution is 2.43. The first-order valence-corrected chi connectivity index (χ1v) is 18.2. The van der Waals surface area contributed by atoms with Gasteiger partial charge in [0.1, 0.15) is 0 Å². The van der Waals surface area contributed by atoms with E-state index < -0.39 is 18.1 Å². The van der Waals surface area contributed by atoms with Gasteiger partial charge in [0.2, 0.25) is 0 Å². The number of hydrogen-bond donors (Lipinski definition) is 0. The van der Waals surface area contributed by atoms with Crippen molar-refractivity contribution >= 4 is 84.8 Å². The van der Waals surface area contributed by atoms with E-state index in [1.807, 2.05) is 30.3 Å². The Labute approximate surface area is 307 Å². The van der Waals surface area contributed by atoms with E-state index in [4.69, 9.17) is 21.8 Å². The van der Waals surface area contributed by atoms with Crippen LogP contribution in [-0.4, -0.2) is 19.5 Å². The minimum Gasteiger partial charge on any atom is -0.308 e. The molecule has 0 fully saturated rings. The number of rotatable bonds is 4. The van der Waals surface area contributed by atoms with Crippen LogP contribution in [0.4, 0.5) is 0 Å². The normalized spacial score (nSPS) is 13.3. The van der Waals surface area contributed by atoms with Crippen LogP contribution in [-0.2, 0) is 0 Å². The second-order valence-electron chi connectivity index (χ2n) is 12.4. The standard InChI is InChI=1S/C45H26N4S2/c1-2-12-27(13-3-1)43-46-44(48-45(47-43)33-18-11-23-40-41(33)32-16-6-9-22-38(32)50-40)28-24-25-39-34(26-28)31-17-10-21-37(42(31)51-39)49-35-19-7-4-14-29(35)30-15-5-8-20-36(30)49/h1-26H/i1D,2D,3D,12D,13D. The van der Waals surface area contributed by atoms with Crippen LogP contribution in [0, 0.1) is 0 Å². The van der Waals surface area contributed by atoms with Crippen LogP contribution in [0.3, 0.4) is 0 Å². The van der Waals surface area contributed by atoms with E-state index in [2.05, 4.69) is 102 Å². The van der Waals surface area contributed by atoms with Gasteiger partial charge in [-0.05, 0) is 48.5 Å². The lowest BCUT2D eigenvalue weighted by Gasteiger charge is -2.10. The van der Waals surface area contributed by atoms with Crippen molar-refractivity contribution in [2.75, 3.05) is 0 Å². The number of nitrogens with zero attached hydrogens (tertiary/aromatic N) is 4.